The summed E-state index contributed by atoms with van der Waals surface area (Å²) < 4.78 is 0. The Bertz CT molecular complexity index is 453. The van der Waals surface area contributed by atoms with Gasteiger partial charge >= 0.3 is 0 Å². The smallest absolute Gasteiger partial charge is 0.00187 e. The molecule has 0 spiro atoms. The average Bonchev–Trinajstić information content (AvgIpc) is 2.56. The van der Waals surface area contributed by atoms with Crippen LogP contribution in [0.1, 0.15) is 68.9 Å². The number of allylic oxidation sites excluding steroid dienone is 1. The van der Waals surface area contributed by atoms with Gasteiger partial charge in [-0.3, -0.25) is 0 Å². The molecule has 1 aromatic rings. The Balaban J connectivity index is 1.86. The van der Waals surface area contributed by atoms with Gasteiger partial charge in [-0.15, -0.1) is 6.58 Å². The molecule has 2 saturated carbocycles. The maximum absolute atomic E-state index is 4.01. The zero-order valence-corrected chi connectivity index (χ0v) is 13.6. The van der Waals surface area contributed by atoms with Crippen molar-refractivity contribution in [2.75, 3.05) is 0 Å². The molecule has 2 aliphatic carbocycles. The van der Waals surface area contributed by atoms with Crippen LogP contribution in [0.25, 0.3) is 0 Å². The van der Waals surface area contributed by atoms with Crippen LogP contribution in [-0.4, -0.2) is 0 Å². The molecule has 0 nitrogen and oxygen atoms in total. The Morgan fingerprint density at radius 2 is 1.57 bits per heavy atom. The highest BCUT2D eigenvalue weighted by atomic mass is 14.5. The molecular formula is C21H30. The van der Waals surface area contributed by atoms with Crippen LogP contribution in [0, 0.1) is 18.8 Å². The normalized spacial score (nSPS) is 29.0. The Kier molecular flexibility index (Phi) is 4.52. The van der Waals surface area contributed by atoms with Crippen LogP contribution in [0.15, 0.2) is 36.9 Å². The molecule has 0 radical (unpaired) electrons. The minimum atomic E-state index is 0.484. The molecule has 0 heteroatoms. The van der Waals surface area contributed by atoms with Crippen LogP contribution in [0.3, 0.4) is 0 Å². The molecule has 0 amide bonds. The van der Waals surface area contributed by atoms with E-state index >= 15 is 0 Å². The molecule has 2 aliphatic rings. The topological polar surface area (TPSA) is 0 Å². The van der Waals surface area contributed by atoms with Crippen molar-refractivity contribution in [3.63, 3.8) is 0 Å². The zero-order chi connectivity index (χ0) is 14.7. The van der Waals surface area contributed by atoms with Crippen LogP contribution >= 0.6 is 0 Å². The molecule has 0 bridgehead atoms. The second-order valence-corrected chi connectivity index (χ2v) is 7.43. The second-order valence-electron chi connectivity index (χ2n) is 7.43. The predicted molar refractivity (Wildman–Crippen MR) is 91.6 cm³/mol. The standard InChI is InChI=1S/C21H30/c1-3-18-9-13-20(14-10-18)21(15-5-4-6-16-21)19-11-7-17(2)8-12-19/h3,7-8,11-12,18,20H,1,4-6,9-10,13-16H2,2H3. The third-order valence-electron chi connectivity index (χ3n) is 6.26. The molecule has 0 aromatic heterocycles. The van der Waals surface area contributed by atoms with Crippen molar-refractivity contribution < 1.29 is 0 Å². The Morgan fingerprint density at radius 3 is 2.14 bits per heavy atom. The number of rotatable bonds is 3. The number of hydrogen-bond donors (Lipinski definition) is 0. The van der Waals surface area contributed by atoms with Gasteiger partial charge in [-0.25, -0.2) is 0 Å². The number of hydrogen-bond acceptors (Lipinski definition) is 0. The fraction of sp³-hybridized carbons (Fsp3) is 0.619. The maximum Gasteiger partial charge on any atom is -0.00187 e. The highest BCUT2D eigenvalue weighted by Crippen LogP contribution is 2.50. The van der Waals surface area contributed by atoms with Crippen molar-refractivity contribution in [1.29, 1.82) is 0 Å². The minimum Gasteiger partial charge on any atom is -0.103 e. The average molecular weight is 282 g/mol. The lowest BCUT2D eigenvalue weighted by molar-refractivity contribution is 0.136. The van der Waals surface area contributed by atoms with Crippen LogP contribution in [-0.2, 0) is 5.41 Å². The molecule has 114 valence electrons. The zero-order valence-electron chi connectivity index (χ0n) is 13.6. The summed E-state index contributed by atoms with van der Waals surface area (Å²) in [6.07, 6.45) is 14.9. The molecule has 0 N–H and O–H groups in total. The van der Waals surface area contributed by atoms with E-state index in [1.165, 1.54) is 63.4 Å². The predicted octanol–water partition coefficient (Wildman–Crippen LogP) is 6.19. The summed E-state index contributed by atoms with van der Waals surface area (Å²) in [7, 11) is 0. The van der Waals surface area contributed by atoms with Crippen molar-refractivity contribution in [2.24, 2.45) is 11.8 Å². The summed E-state index contributed by atoms with van der Waals surface area (Å²) in [5.74, 6) is 1.68. The van der Waals surface area contributed by atoms with Crippen LogP contribution in [0.4, 0.5) is 0 Å². The van der Waals surface area contributed by atoms with Gasteiger partial charge in [0, 0.05) is 0 Å². The molecule has 2 fully saturated rings. The minimum absolute atomic E-state index is 0.484. The molecule has 1 aromatic carbocycles. The van der Waals surface area contributed by atoms with Gasteiger partial charge in [0.05, 0.1) is 0 Å². The fourth-order valence-corrected chi connectivity index (χ4v) is 4.91. The highest BCUT2D eigenvalue weighted by molar-refractivity contribution is 5.30. The molecule has 0 unspecified atom stereocenters. The Hall–Kier alpha value is -1.04. The molecule has 3 rings (SSSR count). The van der Waals surface area contributed by atoms with Crippen molar-refractivity contribution in [1.82, 2.24) is 0 Å². The largest absolute Gasteiger partial charge is 0.103 e. The Morgan fingerprint density at radius 1 is 0.952 bits per heavy atom. The first kappa shape index (κ1) is 14.9. The van der Waals surface area contributed by atoms with E-state index in [9.17, 15) is 0 Å². The number of aryl methyl sites for hydroxylation is 1. The lowest BCUT2D eigenvalue weighted by Gasteiger charge is -2.47. The summed E-state index contributed by atoms with van der Waals surface area (Å²) >= 11 is 0. The van der Waals surface area contributed by atoms with Gasteiger partial charge in [0.25, 0.3) is 0 Å². The summed E-state index contributed by atoms with van der Waals surface area (Å²) in [4.78, 5) is 0. The molecule has 0 heterocycles. The van der Waals surface area contributed by atoms with Crippen LogP contribution in [0.2, 0.25) is 0 Å². The van der Waals surface area contributed by atoms with Gasteiger partial charge < -0.3 is 0 Å². The lowest BCUT2D eigenvalue weighted by Crippen LogP contribution is -2.39. The van der Waals surface area contributed by atoms with E-state index in [1.807, 2.05) is 0 Å². The van der Waals surface area contributed by atoms with Gasteiger partial charge in [0.2, 0.25) is 0 Å². The van der Waals surface area contributed by atoms with Gasteiger partial charge in [-0.2, -0.15) is 0 Å². The fourth-order valence-electron chi connectivity index (χ4n) is 4.91. The quantitative estimate of drug-likeness (QED) is 0.580. The first-order chi connectivity index (χ1) is 10.2. The van der Waals surface area contributed by atoms with Crippen LogP contribution < -0.4 is 0 Å². The summed E-state index contributed by atoms with van der Waals surface area (Å²) in [6.45, 7) is 6.21. The number of benzene rings is 1. The van der Waals surface area contributed by atoms with Crippen molar-refractivity contribution >= 4 is 0 Å². The third kappa shape index (κ3) is 2.96. The van der Waals surface area contributed by atoms with Crippen molar-refractivity contribution in [3.8, 4) is 0 Å². The monoisotopic (exact) mass is 282 g/mol. The maximum atomic E-state index is 4.01. The van der Waals surface area contributed by atoms with E-state index < -0.39 is 0 Å². The van der Waals surface area contributed by atoms with E-state index in [-0.39, 0.29) is 0 Å². The Labute approximate surface area is 130 Å². The molecule has 21 heavy (non-hydrogen) atoms. The van der Waals surface area contributed by atoms with E-state index in [0.717, 1.165) is 11.8 Å². The van der Waals surface area contributed by atoms with Gasteiger partial charge in [-0.1, -0.05) is 55.2 Å². The summed E-state index contributed by atoms with van der Waals surface area (Å²) in [5, 5.41) is 0. The SMILES string of the molecule is C=CC1CCC(C2(c3ccc(C)cc3)CCCCC2)CC1. The molecule has 0 saturated heterocycles. The van der Waals surface area contributed by atoms with Crippen LogP contribution in [0.5, 0.6) is 0 Å². The van der Waals surface area contributed by atoms with E-state index in [4.69, 9.17) is 0 Å². The molecule has 0 atom stereocenters. The third-order valence-corrected chi connectivity index (χ3v) is 6.26. The highest BCUT2D eigenvalue weighted by Gasteiger charge is 2.42. The lowest BCUT2D eigenvalue weighted by atomic mass is 9.58. The summed E-state index contributed by atoms with van der Waals surface area (Å²) in [6, 6.07) is 9.50. The van der Waals surface area contributed by atoms with E-state index in [2.05, 4.69) is 43.8 Å². The second kappa shape index (κ2) is 6.38. The van der Waals surface area contributed by atoms with Crippen molar-refractivity contribution in [2.45, 2.75) is 70.1 Å². The van der Waals surface area contributed by atoms with Gasteiger partial charge in [0.1, 0.15) is 0 Å². The van der Waals surface area contributed by atoms with Gasteiger partial charge in [-0.05, 0) is 68.3 Å². The summed E-state index contributed by atoms with van der Waals surface area (Å²) in [5.41, 5.74) is 3.51. The first-order valence-corrected chi connectivity index (χ1v) is 8.94. The van der Waals surface area contributed by atoms with Crippen molar-refractivity contribution in [3.05, 3.63) is 48.0 Å². The van der Waals surface area contributed by atoms with E-state index in [0.29, 0.717) is 5.41 Å². The van der Waals surface area contributed by atoms with Gasteiger partial charge in [0.15, 0.2) is 0 Å². The first-order valence-electron chi connectivity index (χ1n) is 8.94. The van der Waals surface area contributed by atoms with E-state index in [1.54, 1.807) is 5.56 Å². The molecule has 0 aliphatic heterocycles. The molecular weight excluding hydrogens is 252 g/mol.